The fraction of sp³-hybridized carbons (Fsp3) is 0.353. The van der Waals surface area contributed by atoms with E-state index in [1.54, 1.807) is 28.0 Å². The molecule has 0 saturated carbocycles. The minimum absolute atomic E-state index is 0.173. The first-order valence-corrected chi connectivity index (χ1v) is 8.58. The molecule has 0 radical (unpaired) electrons. The van der Waals surface area contributed by atoms with Gasteiger partial charge in [0.25, 0.3) is 11.8 Å². The van der Waals surface area contributed by atoms with E-state index in [4.69, 9.17) is 4.42 Å². The lowest BCUT2D eigenvalue weighted by molar-refractivity contribution is -0.126. The fourth-order valence-corrected chi connectivity index (χ4v) is 3.19. The normalized spacial score (nSPS) is 17.6. The first kappa shape index (κ1) is 17.0. The number of fused-ring (bicyclic) bond motifs is 1. The molecule has 4 rings (SSSR count). The summed E-state index contributed by atoms with van der Waals surface area (Å²) in [6.45, 7) is 1.57. The number of aromatic amines is 1. The molecule has 10 heteroatoms. The maximum atomic E-state index is 12.7. The average molecular weight is 371 g/mol. The summed E-state index contributed by atoms with van der Waals surface area (Å²) in [6.07, 6.45) is 0.578. The summed E-state index contributed by atoms with van der Waals surface area (Å²) in [5.41, 5.74) is 3.97. The number of nitrogens with zero attached hydrogens (tertiary/aromatic N) is 3. The first-order valence-electron chi connectivity index (χ1n) is 8.58. The van der Waals surface area contributed by atoms with Crippen LogP contribution in [0.2, 0.25) is 0 Å². The van der Waals surface area contributed by atoms with Crippen LogP contribution >= 0.6 is 0 Å². The second kappa shape index (κ2) is 6.71. The van der Waals surface area contributed by atoms with Crippen molar-refractivity contribution in [3.05, 3.63) is 34.3 Å². The molecular weight excluding hydrogens is 354 g/mol. The molecule has 0 aliphatic carbocycles. The number of hydrazone groups is 1. The molecule has 1 saturated heterocycles. The number of nitrogens with one attached hydrogen (secondary N) is 2. The number of amides is 3. The molecule has 1 aromatic carbocycles. The summed E-state index contributed by atoms with van der Waals surface area (Å²) in [7, 11) is 0. The topological polar surface area (TPSA) is 128 Å². The SMILES string of the molecule is O=C1CCC(C(=O)N2CCN(C(=O)c3ccc4oc(=O)[nH]c4c3)CC2)=NN1. The Labute approximate surface area is 152 Å². The number of oxazole rings is 1. The van der Waals surface area contributed by atoms with Gasteiger partial charge < -0.3 is 14.2 Å². The van der Waals surface area contributed by atoms with Crippen LogP contribution in [0.3, 0.4) is 0 Å². The van der Waals surface area contributed by atoms with Gasteiger partial charge >= 0.3 is 5.76 Å². The Morgan fingerprint density at radius 1 is 1.00 bits per heavy atom. The number of rotatable bonds is 2. The van der Waals surface area contributed by atoms with Crippen LogP contribution in [0, 0.1) is 0 Å². The van der Waals surface area contributed by atoms with Crippen LogP contribution in [0.1, 0.15) is 23.2 Å². The minimum Gasteiger partial charge on any atom is -0.408 e. The predicted octanol–water partition coefficient (Wildman–Crippen LogP) is -0.328. The number of carbonyl (C=O) groups excluding carboxylic acids is 3. The summed E-state index contributed by atoms with van der Waals surface area (Å²) >= 11 is 0. The molecule has 140 valence electrons. The highest BCUT2D eigenvalue weighted by molar-refractivity contribution is 6.39. The van der Waals surface area contributed by atoms with Crippen molar-refractivity contribution in [2.24, 2.45) is 5.10 Å². The predicted molar refractivity (Wildman–Crippen MR) is 94.1 cm³/mol. The van der Waals surface area contributed by atoms with E-state index in [0.717, 1.165) is 0 Å². The van der Waals surface area contributed by atoms with E-state index in [9.17, 15) is 19.2 Å². The lowest BCUT2D eigenvalue weighted by Gasteiger charge is -2.35. The van der Waals surface area contributed by atoms with Crippen molar-refractivity contribution in [1.82, 2.24) is 20.2 Å². The van der Waals surface area contributed by atoms with Crippen LogP contribution in [0.25, 0.3) is 11.1 Å². The smallest absolute Gasteiger partial charge is 0.408 e. The summed E-state index contributed by atoms with van der Waals surface area (Å²) in [6, 6.07) is 4.77. The minimum atomic E-state index is -0.566. The quantitative estimate of drug-likeness (QED) is 0.747. The van der Waals surface area contributed by atoms with E-state index >= 15 is 0 Å². The average Bonchev–Trinajstić information content (AvgIpc) is 3.07. The molecule has 3 amide bonds. The molecule has 0 bridgehead atoms. The molecular formula is C17H17N5O5. The van der Waals surface area contributed by atoms with E-state index < -0.39 is 5.76 Å². The zero-order chi connectivity index (χ0) is 19.0. The van der Waals surface area contributed by atoms with Gasteiger partial charge in [-0.05, 0) is 18.2 Å². The third kappa shape index (κ3) is 3.33. The zero-order valence-corrected chi connectivity index (χ0v) is 14.4. The van der Waals surface area contributed by atoms with Crippen LogP contribution in [-0.4, -0.2) is 64.4 Å². The number of H-pyrrole nitrogens is 1. The standard InChI is InChI=1S/C17H17N5O5/c23-14-4-2-11(19-20-14)16(25)22-7-5-21(6-8-22)15(24)10-1-3-13-12(9-10)18-17(26)27-13/h1,3,9H,2,4-8H2,(H,18,26)(H,20,23). The van der Waals surface area contributed by atoms with Gasteiger partial charge in [0.2, 0.25) is 5.91 Å². The van der Waals surface area contributed by atoms with Gasteiger partial charge in [0, 0.05) is 44.6 Å². The molecule has 2 aromatic rings. The Bertz CT molecular complexity index is 1010. The maximum Gasteiger partial charge on any atom is 0.417 e. The van der Waals surface area contributed by atoms with Crippen molar-refractivity contribution in [2.75, 3.05) is 26.2 Å². The number of carbonyl (C=O) groups is 3. The van der Waals surface area contributed by atoms with E-state index in [1.165, 1.54) is 0 Å². The summed E-state index contributed by atoms with van der Waals surface area (Å²) in [4.78, 5) is 53.3. The molecule has 0 spiro atoms. The second-order valence-electron chi connectivity index (χ2n) is 6.40. The molecule has 0 unspecified atom stereocenters. The Hall–Kier alpha value is -3.43. The van der Waals surface area contributed by atoms with E-state index in [2.05, 4.69) is 15.5 Å². The van der Waals surface area contributed by atoms with Crippen molar-refractivity contribution in [3.8, 4) is 0 Å². The lowest BCUT2D eigenvalue weighted by atomic mass is 10.1. The van der Waals surface area contributed by atoms with Crippen LogP contribution in [0.5, 0.6) is 0 Å². The van der Waals surface area contributed by atoms with Gasteiger partial charge in [0.15, 0.2) is 5.58 Å². The number of piperazine rings is 1. The van der Waals surface area contributed by atoms with Crippen molar-refractivity contribution >= 4 is 34.5 Å². The van der Waals surface area contributed by atoms with Gasteiger partial charge in [-0.25, -0.2) is 10.2 Å². The molecule has 10 nitrogen and oxygen atoms in total. The van der Waals surface area contributed by atoms with Gasteiger partial charge in [-0.2, -0.15) is 5.10 Å². The monoisotopic (exact) mass is 371 g/mol. The number of hydrogen-bond donors (Lipinski definition) is 2. The highest BCUT2D eigenvalue weighted by Crippen LogP contribution is 2.15. The van der Waals surface area contributed by atoms with Gasteiger partial charge in [0.05, 0.1) is 5.52 Å². The second-order valence-corrected chi connectivity index (χ2v) is 6.40. The van der Waals surface area contributed by atoms with Crippen LogP contribution in [0.4, 0.5) is 0 Å². The first-order chi connectivity index (χ1) is 13.0. The van der Waals surface area contributed by atoms with Crippen molar-refractivity contribution in [2.45, 2.75) is 12.8 Å². The highest BCUT2D eigenvalue weighted by atomic mass is 16.4. The van der Waals surface area contributed by atoms with E-state index in [1.807, 2.05) is 0 Å². The van der Waals surface area contributed by atoms with Gasteiger partial charge in [-0.1, -0.05) is 0 Å². The van der Waals surface area contributed by atoms with Gasteiger partial charge in [-0.3, -0.25) is 19.4 Å². The number of aromatic nitrogens is 1. The van der Waals surface area contributed by atoms with Crippen molar-refractivity contribution < 1.29 is 18.8 Å². The zero-order valence-electron chi connectivity index (χ0n) is 14.4. The largest absolute Gasteiger partial charge is 0.417 e. The molecule has 1 fully saturated rings. The maximum absolute atomic E-state index is 12.7. The molecule has 2 aliphatic heterocycles. The Kier molecular flexibility index (Phi) is 4.22. The molecule has 1 aromatic heterocycles. The number of hydrogen-bond acceptors (Lipinski definition) is 6. The van der Waals surface area contributed by atoms with Gasteiger partial charge in [-0.15, -0.1) is 0 Å². The fourth-order valence-electron chi connectivity index (χ4n) is 3.19. The van der Waals surface area contributed by atoms with Gasteiger partial charge in [0.1, 0.15) is 5.71 Å². The van der Waals surface area contributed by atoms with Crippen molar-refractivity contribution in [1.29, 1.82) is 0 Å². The van der Waals surface area contributed by atoms with Crippen LogP contribution < -0.4 is 11.2 Å². The van der Waals surface area contributed by atoms with E-state index in [-0.39, 0.29) is 24.1 Å². The summed E-state index contributed by atoms with van der Waals surface area (Å²) in [5.74, 6) is -1.14. The Morgan fingerprint density at radius 3 is 2.37 bits per heavy atom. The molecule has 3 heterocycles. The Balaban J connectivity index is 1.40. The summed E-state index contributed by atoms with van der Waals surface area (Å²) in [5, 5.41) is 3.83. The van der Waals surface area contributed by atoms with Crippen LogP contribution in [0.15, 0.2) is 32.5 Å². The summed E-state index contributed by atoms with van der Waals surface area (Å²) < 4.78 is 4.94. The Morgan fingerprint density at radius 2 is 1.70 bits per heavy atom. The van der Waals surface area contributed by atoms with Crippen LogP contribution in [-0.2, 0) is 9.59 Å². The molecule has 2 N–H and O–H groups in total. The third-order valence-corrected chi connectivity index (χ3v) is 4.67. The van der Waals surface area contributed by atoms with E-state index in [0.29, 0.717) is 55.0 Å². The van der Waals surface area contributed by atoms with Crippen molar-refractivity contribution in [3.63, 3.8) is 0 Å². The number of benzene rings is 1. The lowest BCUT2D eigenvalue weighted by Crippen LogP contribution is -2.52. The molecule has 27 heavy (non-hydrogen) atoms. The molecule has 0 atom stereocenters. The molecule has 2 aliphatic rings. The highest BCUT2D eigenvalue weighted by Gasteiger charge is 2.28. The third-order valence-electron chi connectivity index (χ3n) is 4.67.